The number of hydrogen-bond acceptors (Lipinski definition) is 4. The van der Waals surface area contributed by atoms with Gasteiger partial charge in [0.1, 0.15) is 5.25 Å². The van der Waals surface area contributed by atoms with Gasteiger partial charge in [0.25, 0.3) is 0 Å². The summed E-state index contributed by atoms with van der Waals surface area (Å²) in [7, 11) is -1.19. The molecule has 2 aromatic rings. The zero-order chi connectivity index (χ0) is 13.8. The number of rotatable bonds is 5. The molecule has 2 rings (SSSR count). The molecule has 0 saturated heterocycles. The molecule has 0 aliphatic heterocycles. The number of aliphatic hydroxyl groups is 1. The van der Waals surface area contributed by atoms with E-state index < -0.39 is 10.8 Å². The fourth-order valence-electron chi connectivity index (χ4n) is 1.60. The summed E-state index contributed by atoms with van der Waals surface area (Å²) in [6.07, 6.45) is 1.60. The Balaban J connectivity index is 2.19. The number of halogens is 1. The van der Waals surface area contributed by atoms with Crippen molar-refractivity contribution in [3.05, 3.63) is 41.4 Å². The Kier molecular flexibility index (Phi) is 4.74. The van der Waals surface area contributed by atoms with Crippen LogP contribution < -0.4 is 0 Å². The number of nitrogens with zero attached hydrogens (tertiary/aromatic N) is 1. The molecule has 0 fully saturated rings. The highest BCUT2D eigenvalue weighted by Gasteiger charge is 2.19. The van der Waals surface area contributed by atoms with Crippen molar-refractivity contribution >= 4 is 22.4 Å². The first-order valence-corrected chi connectivity index (χ1v) is 7.57. The molecule has 0 spiro atoms. The van der Waals surface area contributed by atoms with Gasteiger partial charge in [-0.1, -0.05) is 11.6 Å². The van der Waals surface area contributed by atoms with Crippen LogP contribution >= 0.6 is 11.6 Å². The number of hydrogen-bond donors (Lipinski definition) is 1. The Morgan fingerprint density at radius 3 is 2.74 bits per heavy atom. The third kappa shape index (κ3) is 3.43. The predicted octanol–water partition coefficient (Wildman–Crippen LogP) is 2.80. The van der Waals surface area contributed by atoms with E-state index in [0.717, 1.165) is 5.56 Å². The fraction of sp³-hybridized carbons (Fsp3) is 0.308. The Bertz CT molecular complexity index is 568. The average Bonchev–Trinajstić information content (AvgIpc) is 2.88. The summed E-state index contributed by atoms with van der Waals surface area (Å²) in [6.45, 7) is 1.66. The van der Waals surface area contributed by atoms with Crippen LogP contribution in [0.25, 0.3) is 11.3 Å². The summed E-state index contributed by atoms with van der Waals surface area (Å²) >= 11 is 5.82. The van der Waals surface area contributed by atoms with E-state index in [4.69, 9.17) is 21.1 Å². The number of benzene rings is 1. The van der Waals surface area contributed by atoms with Crippen molar-refractivity contribution in [2.24, 2.45) is 0 Å². The van der Waals surface area contributed by atoms with Crippen molar-refractivity contribution in [2.45, 2.75) is 12.2 Å². The number of oxazole rings is 1. The van der Waals surface area contributed by atoms with Crippen LogP contribution in [0.3, 0.4) is 0 Å². The monoisotopic (exact) mass is 299 g/mol. The Morgan fingerprint density at radius 1 is 1.42 bits per heavy atom. The van der Waals surface area contributed by atoms with Gasteiger partial charge in [-0.05, 0) is 31.2 Å². The normalized spacial score (nSPS) is 14.3. The van der Waals surface area contributed by atoms with Crippen LogP contribution in [0.1, 0.15) is 18.1 Å². The number of aromatic nitrogens is 1. The van der Waals surface area contributed by atoms with Crippen LogP contribution in [-0.2, 0) is 10.8 Å². The SMILES string of the molecule is C[C@@H](c1ncc(-c2ccc(Cl)cc2)o1)[S@](=O)CCO. The minimum absolute atomic E-state index is 0.109. The summed E-state index contributed by atoms with van der Waals surface area (Å²) in [6, 6.07) is 7.21. The second-order valence-electron chi connectivity index (χ2n) is 4.02. The van der Waals surface area contributed by atoms with Gasteiger partial charge in [-0.25, -0.2) is 4.98 Å². The molecule has 0 bridgehead atoms. The molecular weight excluding hydrogens is 286 g/mol. The molecule has 1 aromatic heterocycles. The highest BCUT2D eigenvalue weighted by molar-refractivity contribution is 7.85. The van der Waals surface area contributed by atoms with Crippen LogP contribution in [0.2, 0.25) is 5.02 Å². The second-order valence-corrected chi connectivity index (χ2v) is 6.33. The molecule has 1 aromatic carbocycles. The smallest absolute Gasteiger partial charge is 0.210 e. The molecule has 2 atom stereocenters. The quantitative estimate of drug-likeness (QED) is 0.922. The van der Waals surface area contributed by atoms with Gasteiger partial charge < -0.3 is 9.52 Å². The van der Waals surface area contributed by atoms with Crippen LogP contribution in [0.4, 0.5) is 0 Å². The molecule has 1 N–H and O–H groups in total. The Labute approximate surface area is 118 Å². The van der Waals surface area contributed by atoms with Gasteiger partial charge in [0.15, 0.2) is 5.76 Å². The molecule has 0 saturated carbocycles. The molecule has 1 heterocycles. The van der Waals surface area contributed by atoms with Gasteiger partial charge in [0.2, 0.25) is 5.89 Å². The Hall–Kier alpha value is -1.17. The van der Waals surface area contributed by atoms with Gasteiger partial charge in [-0.3, -0.25) is 4.21 Å². The summed E-state index contributed by atoms with van der Waals surface area (Å²) in [5, 5.41) is 9.10. The first-order chi connectivity index (χ1) is 9.11. The van der Waals surface area contributed by atoms with Crippen LogP contribution in [0.5, 0.6) is 0 Å². The third-order valence-electron chi connectivity index (χ3n) is 2.69. The van der Waals surface area contributed by atoms with Gasteiger partial charge >= 0.3 is 0 Å². The van der Waals surface area contributed by atoms with Crippen molar-refractivity contribution in [3.8, 4) is 11.3 Å². The lowest BCUT2D eigenvalue weighted by Crippen LogP contribution is -2.09. The first-order valence-electron chi connectivity index (χ1n) is 5.81. The second kappa shape index (κ2) is 6.32. The molecule has 0 unspecified atom stereocenters. The first kappa shape index (κ1) is 14.2. The lowest BCUT2D eigenvalue weighted by molar-refractivity contribution is 0.321. The van der Waals surface area contributed by atoms with E-state index in [1.54, 1.807) is 25.3 Å². The van der Waals surface area contributed by atoms with E-state index in [0.29, 0.717) is 16.7 Å². The van der Waals surface area contributed by atoms with Crippen molar-refractivity contribution in [1.82, 2.24) is 4.98 Å². The molecule has 102 valence electrons. The van der Waals surface area contributed by atoms with E-state index >= 15 is 0 Å². The van der Waals surface area contributed by atoms with E-state index in [2.05, 4.69) is 4.98 Å². The van der Waals surface area contributed by atoms with Crippen molar-refractivity contribution in [3.63, 3.8) is 0 Å². The van der Waals surface area contributed by atoms with Crippen molar-refractivity contribution in [1.29, 1.82) is 0 Å². The van der Waals surface area contributed by atoms with Gasteiger partial charge in [-0.15, -0.1) is 0 Å². The molecule has 19 heavy (non-hydrogen) atoms. The standard InChI is InChI=1S/C13H14ClNO3S/c1-9(19(17)7-6-16)13-15-8-12(18-13)10-2-4-11(14)5-3-10/h2-5,8-9,16H,6-7H2,1H3/t9-,19+/m0/s1. The minimum Gasteiger partial charge on any atom is -0.439 e. The maximum atomic E-state index is 11.8. The largest absolute Gasteiger partial charge is 0.439 e. The minimum atomic E-state index is -1.19. The molecule has 0 radical (unpaired) electrons. The topological polar surface area (TPSA) is 63.3 Å². The highest BCUT2D eigenvalue weighted by Crippen LogP contribution is 2.26. The fourth-order valence-corrected chi connectivity index (χ4v) is 2.60. The zero-order valence-corrected chi connectivity index (χ0v) is 11.9. The van der Waals surface area contributed by atoms with E-state index in [1.165, 1.54) is 0 Å². The summed E-state index contributed by atoms with van der Waals surface area (Å²) < 4.78 is 17.4. The van der Waals surface area contributed by atoms with E-state index in [1.807, 2.05) is 12.1 Å². The zero-order valence-electron chi connectivity index (χ0n) is 10.4. The lowest BCUT2D eigenvalue weighted by Gasteiger charge is -2.05. The maximum absolute atomic E-state index is 11.8. The van der Waals surface area contributed by atoms with Gasteiger partial charge in [0, 0.05) is 27.1 Å². The number of aliphatic hydroxyl groups excluding tert-OH is 1. The van der Waals surface area contributed by atoms with Crippen molar-refractivity contribution in [2.75, 3.05) is 12.4 Å². The third-order valence-corrected chi connectivity index (χ3v) is 4.51. The highest BCUT2D eigenvalue weighted by atomic mass is 35.5. The molecular formula is C13H14ClNO3S. The lowest BCUT2D eigenvalue weighted by atomic mass is 10.2. The van der Waals surface area contributed by atoms with E-state index in [-0.39, 0.29) is 17.6 Å². The molecule has 0 aliphatic rings. The van der Waals surface area contributed by atoms with Crippen molar-refractivity contribution < 1.29 is 13.7 Å². The predicted molar refractivity (Wildman–Crippen MR) is 75.5 cm³/mol. The van der Waals surface area contributed by atoms with Crippen LogP contribution in [-0.4, -0.2) is 26.7 Å². The maximum Gasteiger partial charge on any atom is 0.210 e. The van der Waals surface area contributed by atoms with Gasteiger partial charge in [0.05, 0.1) is 12.8 Å². The van der Waals surface area contributed by atoms with E-state index in [9.17, 15) is 4.21 Å². The average molecular weight is 300 g/mol. The summed E-state index contributed by atoms with van der Waals surface area (Å²) in [5.74, 6) is 1.25. The summed E-state index contributed by atoms with van der Waals surface area (Å²) in [4.78, 5) is 4.14. The van der Waals surface area contributed by atoms with Crippen LogP contribution in [0, 0.1) is 0 Å². The molecule has 0 aliphatic carbocycles. The summed E-state index contributed by atoms with van der Waals surface area (Å²) in [5.41, 5.74) is 0.864. The van der Waals surface area contributed by atoms with Crippen LogP contribution in [0.15, 0.2) is 34.9 Å². The molecule has 6 heteroatoms. The van der Waals surface area contributed by atoms with Gasteiger partial charge in [-0.2, -0.15) is 0 Å². The Morgan fingerprint density at radius 2 is 2.11 bits per heavy atom. The molecule has 4 nitrogen and oxygen atoms in total. The molecule has 0 amide bonds.